The Kier molecular flexibility index (Phi) is 2.61. The van der Waals surface area contributed by atoms with Crippen LogP contribution in [-0.4, -0.2) is 39.2 Å². The Bertz CT molecular complexity index is 247. The van der Waals surface area contributed by atoms with Crippen molar-refractivity contribution in [2.45, 2.75) is 25.4 Å². The molecule has 1 atom stereocenters. The lowest BCUT2D eigenvalue weighted by molar-refractivity contribution is 0.152. The molecule has 2 rings (SSSR count). The lowest BCUT2D eigenvalue weighted by atomic mass is 10.2. The van der Waals surface area contributed by atoms with Gasteiger partial charge in [-0.1, -0.05) is 0 Å². The molecule has 72 valence electrons. The minimum absolute atomic E-state index is 0.272. The van der Waals surface area contributed by atoms with Crippen LogP contribution in [-0.2, 0) is 6.54 Å². The Balaban J connectivity index is 1.94. The number of hydrogen-bond donors (Lipinski definition) is 2. The molecule has 1 aromatic heterocycles. The van der Waals surface area contributed by atoms with Gasteiger partial charge in [-0.15, -0.1) is 0 Å². The average molecular weight is 181 g/mol. The maximum absolute atomic E-state index is 9.10. The Labute approximate surface area is 77.6 Å². The van der Waals surface area contributed by atoms with Crippen LogP contribution in [0.2, 0.25) is 0 Å². The first-order valence-corrected chi connectivity index (χ1v) is 4.72. The Hall–Kier alpha value is -0.870. The Morgan fingerprint density at radius 1 is 1.69 bits per heavy atom. The molecule has 1 aliphatic rings. The van der Waals surface area contributed by atoms with Gasteiger partial charge in [0.2, 0.25) is 0 Å². The second kappa shape index (κ2) is 3.89. The minimum atomic E-state index is 0.272. The van der Waals surface area contributed by atoms with Crippen molar-refractivity contribution in [1.82, 2.24) is 14.9 Å². The summed E-state index contributed by atoms with van der Waals surface area (Å²) in [6.07, 6.45) is 5.84. The monoisotopic (exact) mass is 181 g/mol. The second-order valence-electron chi connectivity index (χ2n) is 3.53. The van der Waals surface area contributed by atoms with Crippen LogP contribution in [0.4, 0.5) is 0 Å². The summed E-state index contributed by atoms with van der Waals surface area (Å²) in [6.45, 7) is 2.24. The highest BCUT2D eigenvalue weighted by Crippen LogP contribution is 2.18. The van der Waals surface area contributed by atoms with Crippen molar-refractivity contribution >= 4 is 0 Å². The number of hydrogen-bond acceptors (Lipinski definition) is 3. The molecule has 4 heteroatoms. The number of rotatable bonds is 3. The van der Waals surface area contributed by atoms with Crippen LogP contribution in [0, 0.1) is 0 Å². The molecule has 4 nitrogen and oxygen atoms in total. The lowest BCUT2D eigenvalue weighted by Gasteiger charge is -2.21. The predicted octanol–water partition coefficient (Wildman–Crippen LogP) is 0.366. The minimum Gasteiger partial charge on any atom is -0.395 e. The number of nitrogens with one attached hydrogen (secondary N) is 1. The Morgan fingerprint density at radius 3 is 3.31 bits per heavy atom. The van der Waals surface area contributed by atoms with E-state index in [-0.39, 0.29) is 6.61 Å². The lowest BCUT2D eigenvalue weighted by Crippen LogP contribution is -2.31. The van der Waals surface area contributed by atoms with E-state index in [2.05, 4.69) is 14.9 Å². The van der Waals surface area contributed by atoms with E-state index in [0.717, 1.165) is 25.2 Å². The second-order valence-corrected chi connectivity index (χ2v) is 3.53. The number of aromatic nitrogens is 2. The van der Waals surface area contributed by atoms with Crippen LogP contribution in [0.15, 0.2) is 12.5 Å². The molecule has 0 spiro atoms. The summed E-state index contributed by atoms with van der Waals surface area (Å²) in [5.41, 5.74) is 1.13. The van der Waals surface area contributed by atoms with E-state index in [1.165, 1.54) is 6.42 Å². The molecule has 0 amide bonds. The van der Waals surface area contributed by atoms with E-state index in [1.54, 1.807) is 6.33 Å². The number of aliphatic hydroxyl groups excluding tert-OH is 1. The zero-order chi connectivity index (χ0) is 9.10. The van der Waals surface area contributed by atoms with E-state index >= 15 is 0 Å². The maximum Gasteiger partial charge on any atom is 0.0922 e. The topological polar surface area (TPSA) is 52.1 Å². The van der Waals surface area contributed by atoms with Gasteiger partial charge in [-0.25, -0.2) is 4.98 Å². The molecule has 0 saturated carbocycles. The number of likely N-dealkylation sites (tertiary alicyclic amines) is 1. The van der Waals surface area contributed by atoms with Gasteiger partial charge >= 0.3 is 0 Å². The molecule has 0 aliphatic carbocycles. The molecule has 0 radical (unpaired) electrons. The molecule has 0 unspecified atom stereocenters. The van der Waals surface area contributed by atoms with Crippen LogP contribution in [0.1, 0.15) is 18.5 Å². The highest BCUT2D eigenvalue weighted by Gasteiger charge is 2.23. The van der Waals surface area contributed by atoms with Crippen LogP contribution in [0.5, 0.6) is 0 Å². The van der Waals surface area contributed by atoms with Crippen molar-refractivity contribution in [3.8, 4) is 0 Å². The van der Waals surface area contributed by atoms with Gasteiger partial charge in [0, 0.05) is 24.5 Å². The summed E-state index contributed by atoms with van der Waals surface area (Å²) in [6, 6.07) is 0.350. The van der Waals surface area contributed by atoms with E-state index in [1.807, 2.05) is 6.20 Å². The largest absolute Gasteiger partial charge is 0.395 e. The third kappa shape index (κ3) is 1.89. The van der Waals surface area contributed by atoms with E-state index < -0.39 is 0 Å². The Morgan fingerprint density at radius 2 is 2.62 bits per heavy atom. The quantitative estimate of drug-likeness (QED) is 0.708. The number of imidazole rings is 1. The van der Waals surface area contributed by atoms with Crippen LogP contribution in [0.3, 0.4) is 0 Å². The zero-order valence-electron chi connectivity index (χ0n) is 7.61. The fraction of sp³-hybridized carbons (Fsp3) is 0.667. The summed E-state index contributed by atoms with van der Waals surface area (Å²) in [4.78, 5) is 9.34. The first kappa shape index (κ1) is 8.72. The van der Waals surface area contributed by atoms with Crippen LogP contribution in [0.25, 0.3) is 0 Å². The number of H-pyrrole nitrogens is 1. The predicted molar refractivity (Wildman–Crippen MR) is 49.1 cm³/mol. The SMILES string of the molecule is OC[C@@H]1CCCN1Cc1cnc[nH]1. The fourth-order valence-corrected chi connectivity index (χ4v) is 1.90. The van der Waals surface area contributed by atoms with Crippen molar-refractivity contribution in [2.24, 2.45) is 0 Å². The summed E-state index contributed by atoms with van der Waals surface area (Å²) in [5, 5.41) is 9.10. The van der Waals surface area contributed by atoms with E-state index in [0.29, 0.717) is 6.04 Å². The average Bonchev–Trinajstić information content (AvgIpc) is 2.76. The standard InChI is InChI=1S/C9H15N3O/c13-6-9-2-1-3-12(9)5-8-4-10-7-11-8/h4,7,9,13H,1-3,5-6H2,(H,10,11)/t9-/m0/s1. The highest BCUT2D eigenvalue weighted by molar-refractivity contribution is 4.95. The van der Waals surface area contributed by atoms with Gasteiger partial charge in [0.05, 0.1) is 12.9 Å². The number of aliphatic hydroxyl groups is 1. The molecule has 13 heavy (non-hydrogen) atoms. The molecule has 1 fully saturated rings. The third-order valence-electron chi connectivity index (χ3n) is 2.64. The van der Waals surface area contributed by atoms with Gasteiger partial charge < -0.3 is 10.1 Å². The normalized spacial score (nSPS) is 23.9. The molecule has 0 aromatic carbocycles. The smallest absolute Gasteiger partial charge is 0.0922 e. The van der Waals surface area contributed by atoms with Gasteiger partial charge in [0.1, 0.15) is 0 Å². The van der Waals surface area contributed by atoms with Crippen LogP contribution >= 0.6 is 0 Å². The zero-order valence-corrected chi connectivity index (χ0v) is 7.61. The molecule has 1 aliphatic heterocycles. The van der Waals surface area contributed by atoms with Crippen molar-refractivity contribution in [3.63, 3.8) is 0 Å². The van der Waals surface area contributed by atoms with Gasteiger partial charge in [0.25, 0.3) is 0 Å². The van der Waals surface area contributed by atoms with Crippen molar-refractivity contribution < 1.29 is 5.11 Å². The maximum atomic E-state index is 9.10. The van der Waals surface area contributed by atoms with E-state index in [4.69, 9.17) is 5.11 Å². The molecular weight excluding hydrogens is 166 g/mol. The highest BCUT2D eigenvalue weighted by atomic mass is 16.3. The first-order valence-electron chi connectivity index (χ1n) is 4.72. The molecule has 1 aromatic rings. The van der Waals surface area contributed by atoms with E-state index in [9.17, 15) is 0 Å². The summed E-state index contributed by atoms with van der Waals surface area (Å²) >= 11 is 0. The van der Waals surface area contributed by atoms with Gasteiger partial charge in [-0.3, -0.25) is 4.90 Å². The summed E-state index contributed by atoms with van der Waals surface area (Å²) in [7, 11) is 0. The third-order valence-corrected chi connectivity index (χ3v) is 2.64. The van der Waals surface area contributed by atoms with Gasteiger partial charge in [-0.05, 0) is 19.4 Å². The molecule has 2 N–H and O–H groups in total. The molecular formula is C9H15N3O. The van der Waals surface area contributed by atoms with Gasteiger partial charge in [0.15, 0.2) is 0 Å². The summed E-state index contributed by atoms with van der Waals surface area (Å²) in [5.74, 6) is 0. The molecule has 2 heterocycles. The number of nitrogens with zero attached hydrogens (tertiary/aromatic N) is 2. The van der Waals surface area contributed by atoms with Crippen molar-refractivity contribution in [3.05, 3.63) is 18.2 Å². The first-order chi connectivity index (χ1) is 6.40. The molecule has 1 saturated heterocycles. The van der Waals surface area contributed by atoms with Gasteiger partial charge in [-0.2, -0.15) is 0 Å². The van der Waals surface area contributed by atoms with Crippen molar-refractivity contribution in [1.29, 1.82) is 0 Å². The fourth-order valence-electron chi connectivity index (χ4n) is 1.90. The van der Waals surface area contributed by atoms with Crippen molar-refractivity contribution in [2.75, 3.05) is 13.2 Å². The number of aromatic amines is 1. The van der Waals surface area contributed by atoms with Crippen LogP contribution < -0.4 is 0 Å². The molecule has 0 bridgehead atoms. The summed E-state index contributed by atoms with van der Waals surface area (Å²) < 4.78 is 0.